The quantitative estimate of drug-likeness (QED) is 0.856. The van der Waals surface area contributed by atoms with Crippen molar-refractivity contribution < 1.29 is 19.1 Å². The van der Waals surface area contributed by atoms with E-state index in [0.29, 0.717) is 22.7 Å². The normalized spacial score (nSPS) is 9.83. The number of hydrogen-bond donors (Lipinski definition) is 2. The highest BCUT2D eigenvalue weighted by atomic mass is 16.5. The topological polar surface area (TPSA) is 76.7 Å². The maximum Gasteiger partial charge on any atom is 0.259 e. The van der Waals surface area contributed by atoms with Gasteiger partial charge in [-0.05, 0) is 36.4 Å². The molecule has 6 heteroatoms. The van der Waals surface area contributed by atoms with Crippen molar-refractivity contribution >= 4 is 17.5 Å². The van der Waals surface area contributed by atoms with Gasteiger partial charge in [-0.15, -0.1) is 0 Å². The van der Waals surface area contributed by atoms with Gasteiger partial charge in [0.1, 0.15) is 11.5 Å². The lowest BCUT2D eigenvalue weighted by atomic mass is 10.2. The van der Waals surface area contributed by atoms with Crippen molar-refractivity contribution in [2.75, 3.05) is 26.1 Å². The molecule has 6 nitrogen and oxygen atoms in total. The fourth-order valence-electron chi connectivity index (χ4n) is 1.89. The van der Waals surface area contributed by atoms with Gasteiger partial charge in [0, 0.05) is 12.7 Å². The molecular weight excluding hydrogens is 296 g/mol. The fraction of sp³-hybridized carbons (Fsp3) is 0.176. The van der Waals surface area contributed by atoms with E-state index in [9.17, 15) is 9.59 Å². The van der Waals surface area contributed by atoms with E-state index in [1.807, 2.05) is 0 Å². The first-order valence-electron chi connectivity index (χ1n) is 7.02. The molecular formula is C17H18N2O4. The molecule has 2 N–H and O–H groups in total. The summed E-state index contributed by atoms with van der Waals surface area (Å²) in [7, 11) is 3.06. The highest BCUT2D eigenvalue weighted by Crippen LogP contribution is 2.20. The predicted octanol–water partition coefficient (Wildman–Crippen LogP) is 2.07. The van der Waals surface area contributed by atoms with Crippen molar-refractivity contribution in [3.8, 4) is 11.5 Å². The van der Waals surface area contributed by atoms with Crippen LogP contribution in [0.25, 0.3) is 0 Å². The third-order valence-corrected chi connectivity index (χ3v) is 3.11. The third kappa shape index (κ3) is 4.47. The third-order valence-electron chi connectivity index (χ3n) is 3.11. The summed E-state index contributed by atoms with van der Waals surface area (Å²) in [6.45, 7) is -0.0522. The van der Waals surface area contributed by atoms with Crippen molar-refractivity contribution in [3.05, 3.63) is 54.1 Å². The molecule has 0 radical (unpaired) electrons. The van der Waals surface area contributed by atoms with Crippen LogP contribution in [0.3, 0.4) is 0 Å². The molecule has 0 spiro atoms. The van der Waals surface area contributed by atoms with Crippen LogP contribution in [0, 0.1) is 0 Å². The summed E-state index contributed by atoms with van der Waals surface area (Å²) in [5, 5.41) is 5.25. The summed E-state index contributed by atoms with van der Waals surface area (Å²) in [6, 6.07) is 13.8. The molecule has 2 aromatic rings. The van der Waals surface area contributed by atoms with E-state index in [-0.39, 0.29) is 18.4 Å². The van der Waals surface area contributed by atoms with Crippen LogP contribution in [-0.4, -0.2) is 32.6 Å². The van der Waals surface area contributed by atoms with Crippen LogP contribution in [0.5, 0.6) is 11.5 Å². The second-order valence-corrected chi connectivity index (χ2v) is 4.64. The van der Waals surface area contributed by atoms with E-state index in [0.717, 1.165) is 0 Å². The lowest BCUT2D eigenvalue weighted by molar-refractivity contribution is -0.122. The second-order valence-electron chi connectivity index (χ2n) is 4.64. The van der Waals surface area contributed by atoms with Crippen LogP contribution in [0.2, 0.25) is 0 Å². The van der Waals surface area contributed by atoms with E-state index in [4.69, 9.17) is 9.47 Å². The molecule has 2 aromatic carbocycles. The Bertz CT molecular complexity index is 683. The van der Waals surface area contributed by atoms with E-state index in [1.54, 1.807) is 55.6 Å². The molecule has 0 heterocycles. The first-order valence-corrected chi connectivity index (χ1v) is 7.02. The molecule has 0 aliphatic heterocycles. The van der Waals surface area contributed by atoms with Crippen molar-refractivity contribution in [2.24, 2.45) is 0 Å². The minimum absolute atomic E-state index is 0.0522. The molecule has 0 atom stereocenters. The van der Waals surface area contributed by atoms with Crippen molar-refractivity contribution in [1.82, 2.24) is 5.32 Å². The van der Waals surface area contributed by atoms with Gasteiger partial charge in [-0.1, -0.05) is 12.1 Å². The summed E-state index contributed by atoms with van der Waals surface area (Å²) in [4.78, 5) is 23.4. The first-order chi connectivity index (χ1) is 11.1. The average Bonchev–Trinajstić information content (AvgIpc) is 2.60. The molecule has 0 unspecified atom stereocenters. The largest absolute Gasteiger partial charge is 0.496 e. The zero-order valence-electron chi connectivity index (χ0n) is 13.0. The summed E-state index contributed by atoms with van der Waals surface area (Å²) in [5.41, 5.74) is 1.07. The standard InChI is InChI=1S/C17H18N2O4/c1-18-16(20)11-23-13-9-7-12(8-10-13)19-17(21)14-5-3-4-6-15(14)22-2/h3-10H,11H2,1-2H3,(H,18,20)(H,19,21). The van der Waals surface area contributed by atoms with Gasteiger partial charge in [-0.3, -0.25) is 9.59 Å². The van der Waals surface area contributed by atoms with Crippen LogP contribution >= 0.6 is 0 Å². The Kier molecular flexibility index (Phi) is 5.57. The molecule has 120 valence electrons. The minimum atomic E-state index is -0.263. The Balaban J connectivity index is 2.00. The zero-order chi connectivity index (χ0) is 16.7. The number of benzene rings is 2. The summed E-state index contributed by atoms with van der Waals surface area (Å²) in [5.74, 6) is 0.583. The lowest BCUT2D eigenvalue weighted by Gasteiger charge is -2.10. The second kappa shape index (κ2) is 7.84. The van der Waals surface area contributed by atoms with Crippen molar-refractivity contribution in [2.45, 2.75) is 0 Å². The summed E-state index contributed by atoms with van der Waals surface area (Å²) >= 11 is 0. The zero-order valence-corrected chi connectivity index (χ0v) is 13.0. The maximum atomic E-state index is 12.3. The Morgan fingerprint density at radius 2 is 1.74 bits per heavy atom. The molecule has 0 saturated carbocycles. The molecule has 0 aliphatic rings. The molecule has 2 rings (SSSR count). The number of nitrogens with one attached hydrogen (secondary N) is 2. The summed E-state index contributed by atoms with van der Waals surface area (Å²) in [6.07, 6.45) is 0. The molecule has 23 heavy (non-hydrogen) atoms. The molecule has 0 saturated heterocycles. The van der Waals surface area contributed by atoms with E-state index in [1.165, 1.54) is 7.11 Å². The number of rotatable bonds is 6. The molecule has 0 fully saturated rings. The van der Waals surface area contributed by atoms with Gasteiger partial charge in [0.25, 0.3) is 11.8 Å². The number of likely N-dealkylation sites (N-methyl/N-ethyl adjacent to an activating group) is 1. The first kappa shape index (κ1) is 16.4. The average molecular weight is 314 g/mol. The Labute approximate surface area is 134 Å². The van der Waals surface area contributed by atoms with Gasteiger partial charge < -0.3 is 20.1 Å². The number of ether oxygens (including phenoxy) is 2. The van der Waals surface area contributed by atoms with E-state index in [2.05, 4.69) is 10.6 Å². The van der Waals surface area contributed by atoms with Crippen LogP contribution in [0.4, 0.5) is 5.69 Å². The number of para-hydroxylation sites is 1. The number of methoxy groups -OCH3 is 1. The monoisotopic (exact) mass is 314 g/mol. The predicted molar refractivity (Wildman–Crippen MR) is 87.0 cm³/mol. The smallest absolute Gasteiger partial charge is 0.259 e. The van der Waals surface area contributed by atoms with E-state index < -0.39 is 0 Å². The number of carbonyl (C=O) groups excluding carboxylic acids is 2. The highest BCUT2D eigenvalue weighted by molar-refractivity contribution is 6.06. The SMILES string of the molecule is CNC(=O)COc1ccc(NC(=O)c2ccccc2OC)cc1. The lowest BCUT2D eigenvalue weighted by Crippen LogP contribution is -2.24. The molecule has 2 amide bonds. The number of amides is 2. The number of carbonyl (C=O) groups is 2. The van der Waals surface area contributed by atoms with Crippen molar-refractivity contribution in [3.63, 3.8) is 0 Å². The number of anilines is 1. The number of hydrogen-bond acceptors (Lipinski definition) is 4. The van der Waals surface area contributed by atoms with Gasteiger partial charge in [0.15, 0.2) is 6.61 Å². The molecule has 0 bridgehead atoms. The van der Waals surface area contributed by atoms with Gasteiger partial charge in [0.05, 0.1) is 12.7 Å². The van der Waals surface area contributed by atoms with Crippen LogP contribution < -0.4 is 20.1 Å². The minimum Gasteiger partial charge on any atom is -0.496 e. The van der Waals surface area contributed by atoms with Crippen molar-refractivity contribution in [1.29, 1.82) is 0 Å². The highest BCUT2D eigenvalue weighted by Gasteiger charge is 2.11. The van der Waals surface area contributed by atoms with Gasteiger partial charge >= 0.3 is 0 Å². The van der Waals surface area contributed by atoms with E-state index >= 15 is 0 Å². The van der Waals surface area contributed by atoms with Gasteiger partial charge in [0.2, 0.25) is 0 Å². The Morgan fingerprint density at radius 1 is 1.04 bits per heavy atom. The Hall–Kier alpha value is -3.02. The van der Waals surface area contributed by atoms with Gasteiger partial charge in [-0.2, -0.15) is 0 Å². The van der Waals surface area contributed by atoms with Crippen LogP contribution in [0.15, 0.2) is 48.5 Å². The Morgan fingerprint density at radius 3 is 2.39 bits per heavy atom. The summed E-state index contributed by atoms with van der Waals surface area (Å²) < 4.78 is 10.5. The van der Waals surface area contributed by atoms with Gasteiger partial charge in [-0.25, -0.2) is 0 Å². The molecule has 0 aliphatic carbocycles. The molecule has 0 aromatic heterocycles. The fourth-order valence-corrected chi connectivity index (χ4v) is 1.89. The maximum absolute atomic E-state index is 12.3. The van der Waals surface area contributed by atoms with Crippen LogP contribution in [0.1, 0.15) is 10.4 Å². The van der Waals surface area contributed by atoms with Crippen LogP contribution in [-0.2, 0) is 4.79 Å².